The van der Waals surface area contributed by atoms with Crippen LogP contribution >= 0.6 is 11.3 Å². The van der Waals surface area contributed by atoms with Crippen molar-refractivity contribution in [2.75, 3.05) is 18.4 Å². The van der Waals surface area contributed by atoms with Crippen molar-refractivity contribution in [2.24, 2.45) is 0 Å². The SMILES string of the molecule is CC(CNC(=O)C1CNc2ccccc21)c1nccs1. The van der Waals surface area contributed by atoms with Crippen molar-refractivity contribution in [3.8, 4) is 0 Å². The van der Waals surface area contributed by atoms with E-state index >= 15 is 0 Å². The van der Waals surface area contributed by atoms with E-state index in [1.54, 1.807) is 17.5 Å². The minimum atomic E-state index is -0.0882. The fraction of sp³-hybridized carbons (Fsp3) is 0.333. The Hall–Kier alpha value is -1.88. The summed E-state index contributed by atoms with van der Waals surface area (Å²) in [6.07, 6.45) is 1.80. The molecule has 2 unspecified atom stereocenters. The highest BCUT2D eigenvalue weighted by Gasteiger charge is 2.28. The number of carbonyl (C=O) groups is 1. The molecule has 1 amide bonds. The van der Waals surface area contributed by atoms with Gasteiger partial charge in [-0.05, 0) is 11.6 Å². The van der Waals surface area contributed by atoms with E-state index in [4.69, 9.17) is 0 Å². The number of anilines is 1. The highest BCUT2D eigenvalue weighted by Crippen LogP contribution is 2.31. The summed E-state index contributed by atoms with van der Waals surface area (Å²) in [6, 6.07) is 7.99. The summed E-state index contributed by atoms with van der Waals surface area (Å²) in [6.45, 7) is 3.39. The van der Waals surface area contributed by atoms with Crippen LogP contribution in [0.1, 0.15) is 29.3 Å². The molecule has 1 aliphatic rings. The number of para-hydroxylation sites is 1. The van der Waals surface area contributed by atoms with Gasteiger partial charge in [0, 0.05) is 36.3 Å². The molecule has 0 saturated heterocycles. The number of nitrogens with one attached hydrogen (secondary N) is 2. The molecule has 5 heteroatoms. The zero-order chi connectivity index (χ0) is 13.9. The smallest absolute Gasteiger partial charge is 0.229 e. The molecular weight excluding hydrogens is 270 g/mol. The van der Waals surface area contributed by atoms with Gasteiger partial charge in [0.25, 0.3) is 0 Å². The molecule has 2 N–H and O–H groups in total. The molecule has 0 saturated carbocycles. The molecule has 1 aromatic heterocycles. The van der Waals surface area contributed by atoms with Crippen molar-refractivity contribution in [1.29, 1.82) is 0 Å². The van der Waals surface area contributed by atoms with Crippen LogP contribution in [0.5, 0.6) is 0 Å². The van der Waals surface area contributed by atoms with Crippen LogP contribution in [0.15, 0.2) is 35.8 Å². The van der Waals surface area contributed by atoms with E-state index in [2.05, 4.69) is 22.5 Å². The maximum atomic E-state index is 12.3. The van der Waals surface area contributed by atoms with Gasteiger partial charge >= 0.3 is 0 Å². The van der Waals surface area contributed by atoms with E-state index in [9.17, 15) is 4.79 Å². The minimum Gasteiger partial charge on any atom is -0.384 e. The molecule has 0 fully saturated rings. The number of thiazole rings is 1. The Bertz CT molecular complexity index is 597. The molecule has 2 aromatic rings. The normalized spacial score (nSPS) is 18.1. The lowest BCUT2D eigenvalue weighted by Gasteiger charge is -2.14. The molecule has 2 heterocycles. The third-order valence-electron chi connectivity index (χ3n) is 3.60. The van der Waals surface area contributed by atoms with E-state index < -0.39 is 0 Å². The molecule has 1 aromatic carbocycles. The van der Waals surface area contributed by atoms with E-state index in [1.807, 2.05) is 29.6 Å². The molecule has 4 nitrogen and oxygen atoms in total. The lowest BCUT2D eigenvalue weighted by Crippen LogP contribution is -2.33. The maximum Gasteiger partial charge on any atom is 0.229 e. The van der Waals surface area contributed by atoms with Crippen molar-refractivity contribution in [1.82, 2.24) is 10.3 Å². The zero-order valence-corrected chi connectivity index (χ0v) is 12.1. The summed E-state index contributed by atoms with van der Waals surface area (Å²) in [7, 11) is 0. The monoisotopic (exact) mass is 287 g/mol. The fourth-order valence-electron chi connectivity index (χ4n) is 2.46. The number of fused-ring (bicyclic) bond motifs is 1. The fourth-order valence-corrected chi connectivity index (χ4v) is 3.16. The standard InChI is InChI=1S/C15H17N3OS/c1-10(15-16-6-7-20-15)8-18-14(19)12-9-17-13-5-3-2-4-11(12)13/h2-7,10,12,17H,8-9H2,1H3,(H,18,19). The van der Waals surface area contributed by atoms with Crippen LogP contribution in [0.4, 0.5) is 5.69 Å². The van der Waals surface area contributed by atoms with Crippen molar-refractivity contribution in [2.45, 2.75) is 18.8 Å². The number of aromatic nitrogens is 1. The summed E-state index contributed by atoms with van der Waals surface area (Å²) in [5.74, 6) is 0.254. The molecule has 2 atom stereocenters. The molecule has 104 valence electrons. The summed E-state index contributed by atoms with van der Waals surface area (Å²) >= 11 is 1.63. The molecule has 0 radical (unpaired) electrons. The predicted octanol–water partition coefficient (Wildman–Crippen LogP) is 2.57. The number of hydrogen-bond acceptors (Lipinski definition) is 4. The molecule has 1 aliphatic heterocycles. The van der Waals surface area contributed by atoms with E-state index in [1.165, 1.54) is 0 Å². The number of nitrogens with zero attached hydrogens (tertiary/aromatic N) is 1. The van der Waals surface area contributed by atoms with Crippen molar-refractivity contribution < 1.29 is 4.79 Å². The third kappa shape index (κ3) is 2.54. The van der Waals surface area contributed by atoms with Crippen LogP contribution in [-0.2, 0) is 4.79 Å². The summed E-state index contributed by atoms with van der Waals surface area (Å²) < 4.78 is 0. The maximum absolute atomic E-state index is 12.3. The van der Waals surface area contributed by atoms with Gasteiger partial charge in [0.2, 0.25) is 5.91 Å². The lowest BCUT2D eigenvalue weighted by atomic mass is 10.0. The zero-order valence-electron chi connectivity index (χ0n) is 11.3. The summed E-state index contributed by atoms with van der Waals surface area (Å²) in [4.78, 5) is 16.6. The lowest BCUT2D eigenvalue weighted by molar-refractivity contribution is -0.122. The Balaban J connectivity index is 1.61. The molecular formula is C15H17N3OS. The van der Waals surface area contributed by atoms with Gasteiger partial charge in [0.1, 0.15) is 0 Å². The first-order valence-electron chi connectivity index (χ1n) is 6.75. The van der Waals surface area contributed by atoms with Gasteiger partial charge in [-0.25, -0.2) is 4.98 Å². The average Bonchev–Trinajstić information content (AvgIpc) is 3.13. The van der Waals surface area contributed by atoms with Crippen LogP contribution in [0.2, 0.25) is 0 Å². The van der Waals surface area contributed by atoms with Crippen molar-refractivity contribution in [3.05, 3.63) is 46.4 Å². The van der Waals surface area contributed by atoms with Crippen molar-refractivity contribution in [3.63, 3.8) is 0 Å². The number of amides is 1. The second kappa shape index (κ2) is 5.63. The van der Waals surface area contributed by atoms with Crippen LogP contribution in [-0.4, -0.2) is 24.0 Å². The van der Waals surface area contributed by atoms with Gasteiger partial charge in [-0.1, -0.05) is 25.1 Å². The molecule has 3 rings (SSSR count). The number of rotatable bonds is 4. The van der Waals surface area contributed by atoms with Crippen LogP contribution in [0.3, 0.4) is 0 Å². The summed E-state index contributed by atoms with van der Waals surface area (Å²) in [5, 5.41) is 9.34. The molecule has 0 aliphatic carbocycles. The summed E-state index contributed by atoms with van der Waals surface area (Å²) in [5.41, 5.74) is 2.16. The highest BCUT2D eigenvalue weighted by atomic mass is 32.1. The average molecular weight is 287 g/mol. The number of carbonyl (C=O) groups excluding carboxylic acids is 1. The second-order valence-electron chi connectivity index (χ2n) is 5.04. The number of hydrogen-bond donors (Lipinski definition) is 2. The molecule has 0 spiro atoms. The van der Waals surface area contributed by atoms with E-state index in [0.29, 0.717) is 13.1 Å². The Morgan fingerprint density at radius 2 is 2.40 bits per heavy atom. The van der Waals surface area contributed by atoms with E-state index in [-0.39, 0.29) is 17.7 Å². The first-order valence-corrected chi connectivity index (χ1v) is 7.63. The molecule has 0 bridgehead atoms. The van der Waals surface area contributed by atoms with Gasteiger partial charge in [0.15, 0.2) is 0 Å². The largest absolute Gasteiger partial charge is 0.384 e. The first-order chi connectivity index (χ1) is 9.75. The van der Waals surface area contributed by atoms with Gasteiger partial charge in [-0.15, -0.1) is 11.3 Å². The molecule has 20 heavy (non-hydrogen) atoms. The van der Waals surface area contributed by atoms with Crippen LogP contribution in [0, 0.1) is 0 Å². The topological polar surface area (TPSA) is 54.0 Å². The predicted molar refractivity (Wildman–Crippen MR) is 81.2 cm³/mol. The highest BCUT2D eigenvalue weighted by molar-refractivity contribution is 7.09. The third-order valence-corrected chi connectivity index (χ3v) is 4.61. The van der Waals surface area contributed by atoms with Gasteiger partial charge in [0.05, 0.1) is 10.9 Å². The Morgan fingerprint density at radius 3 is 3.20 bits per heavy atom. The van der Waals surface area contributed by atoms with Crippen LogP contribution in [0.25, 0.3) is 0 Å². The Labute approximate surface area is 122 Å². The Kier molecular flexibility index (Phi) is 3.69. The second-order valence-corrected chi connectivity index (χ2v) is 5.96. The quantitative estimate of drug-likeness (QED) is 0.908. The van der Waals surface area contributed by atoms with Crippen LogP contribution < -0.4 is 10.6 Å². The van der Waals surface area contributed by atoms with Gasteiger partial charge in [-0.3, -0.25) is 4.79 Å². The van der Waals surface area contributed by atoms with Gasteiger partial charge in [-0.2, -0.15) is 0 Å². The van der Waals surface area contributed by atoms with Gasteiger partial charge < -0.3 is 10.6 Å². The minimum absolute atomic E-state index is 0.0882. The Morgan fingerprint density at radius 1 is 1.55 bits per heavy atom. The van der Waals surface area contributed by atoms with E-state index in [0.717, 1.165) is 16.3 Å². The first kappa shape index (κ1) is 13.1. The number of benzene rings is 1. The van der Waals surface area contributed by atoms with Crippen molar-refractivity contribution >= 4 is 22.9 Å².